The zero-order valence-corrected chi connectivity index (χ0v) is 9.64. The number of aliphatic hydroxyl groups excluding tert-OH is 1. The van der Waals surface area contributed by atoms with Crippen molar-refractivity contribution in [2.24, 2.45) is 0 Å². The van der Waals surface area contributed by atoms with E-state index in [9.17, 15) is 9.50 Å². The molecule has 2 nitrogen and oxygen atoms in total. The predicted octanol–water partition coefficient (Wildman–Crippen LogP) is 2.52. The van der Waals surface area contributed by atoms with Gasteiger partial charge in [-0.3, -0.25) is 0 Å². The Morgan fingerprint density at radius 1 is 1.57 bits per heavy atom. The summed E-state index contributed by atoms with van der Waals surface area (Å²) in [5.74, 6) is -0.216. The Kier molecular flexibility index (Phi) is 3.89. The standard InChI is InChI=1S/C10H12BrFO2/c1-6(13)5-7-8(11)3-4-9(12)10(7)14-2/h3-4,6,13H,5H2,1-2H3. The highest BCUT2D eigenvalue weighted by atomic mass is 79.9. The number of hydrogen-bond acceptors (Lipinski definition) is 2. The maximum Gasteiger partial charge on any atom is 0.165 e. The third-order valence-corrected chi connectivity index (χ3v) is 2.60. The Balaban J connectivity index is 3.16. The fraction of sp³-hybridized carbons (Fsp3) is 0.400. The molecule has 1 atom stereocenters. The van der Waals surface area contributed by atoms with Crippen molar-refractivity contribution in [1.29, 1.82) is 0 Å². The summed E-state index contributed by atoms with van der Waals surface area (Å²) in [4.78, 5) is 0. The first-order chi connectivity index (χ1) is 6.56. The molecule has 14 heavy (non-hydrogen) atoms. The van der Waals surface area contributed by atoms with Gasteiger partial charge in [-0.25, -0.2) is 4.39 Å². The number of aliphatic hydroxyl groups is 1. The fourth-order valence-corrected chi connectivity index (χ4v) is 1.76. The lowest BCUT2D eigenvalue weighted by Crippen LogP contribution is -2.07. The van der Waals surface area contributed by atoms with Crippen LogP contribution in [0, 0.1) is 5.82 Å². The van der Waals surface area contributed by atoms with E-state index in [0.29, 0.717) is 12.0 Å². The van der Waals surface area contributed by atoms with Crippen LogP contribution in [-0.2, 0) is 6.42 Å². The van der Waals surface area contributed by atoms with Crippen LogP contribution in [-0.4, -0.2) is 18.3 Å². The maximum atomic E-state index is 13.3. The van der Waals surface area contributed by atoms with Crippen molar-refractivity contribution in [1.82, 2.24) is 0 Å². The first kappa shape index (κ1) is 11.5. The predicted molar refractivity (Wildman–Crippen MR) is 56.0 cm³/mol. The van der Waals surface area contributed by atoms with Crippen molar-refractivity contribution in [3.05, 3.63) is 28.0 Å². The number of methoxy groups -OCH3 is 1. The van der Waals surface area contributed by atoms with Gasteiger partial charge >= 0.3 is 0 Å². The average Bonchev–Trinajstić information content (AvgIpc) is 2.11. The summed E-state index contributed by atoms with van der Waals surface area (Å²) >= 11 is 3.29. The lowest BCUT2D eigenvalue weighted by molar-refractivity contribution is 0.193. The summed E-state index contributed by atoms with van der Waals surface area (Å²) in [6, 6.07) is 2.93. The monoisotopic (exact) mass is 262 g/mol. The molecule has 1 unspecified atom stereocenters. The van der Waals surface area contributed by atoms with E-state index in [1.165, 1.54) is 13.2 Å². The molecule has 0 radical (unpaired) electrons. The molecule has 0 amide bonds. The van der Waals surface area contributed by atoms with Crippen LogP contribution < -0.4 is 4.74 Å². The summed E-state index contributed by atoms with van der Waals surface area (Å²) in [5, 5.41) is 9.24. The van der Waals surface area contributed by atoms with Crippen LogP contribution in [0.5, 0.6) is 5.75 Å². The van der Waals surface area contributed by atoms with Gasteiger partial charge < -0.3 is 9.84 Å². The molecule has 0 spiro atoms. The third kappa shape index (κ3) is 2.45. The summed E-state index contributed by atoms with van der Waals surface area (Å²) in [7, 11) is 1.41. The molecule has 0 aliphatic carbocycles. The van der Waals surface area contributed by atoms with Gasteiger partial charge in [0.15, 0.2) is 11.6 Å². The molecular formula is C10H12BrFO2. The fourth-order valence-electron chi connectivity index (χ4n) is 1.28. The van der Waals surface area contributed by atoms with E-state index in [2.05, 4.69) is 15.9 Å². The molecule has 0 saturated carbocycles. The SMILES string of the molecule is COc1c(F)ccc(Br)c1CC(C)O. The second kappa shape index (κ2) is 4.75. The number of halogens is 2. The molecule has 0 aliphatic heterocycles. The molecule has 0 aromatic heterocycles. The van der Waals surface area contributed by atoms with Crippen molar-refractivity contribution < 1.29 is 14.2 Å². The number of ether oxygens (including phenoxy) is 1. The normalized spacial score (nSPS) is 12.6. The Morgan fingerprint density at radius 2 is 2.21 bits per heavy atom. The van der Waals surface area contributed by atoms with Crippen LogP contribution in [0.1, 0.15) is 12.5 Å². The van der Waals surface area contributed by atoms with Crippen molar-refractivity contribution in [3.63, 3.8) is 0 Å². The quantitative estimate of drug-likeness (QED) is 0.907. The molecular weight excluding hydrogens is 251 g/mol. The van der Waals surface area contributed by atoms with E-state index >= 15 is 0 Å². The lowest BCUT2D eigenvalue weighted by atomic mass is 10.1. The zero-order chi connectivity index (χ0) is 10.7. The molecule has 0 heterocycles. The zero-order valence-electron chi connectivity index (χ0n) is 8.05. The van der Waals surface area contributed by atoms with Gasteiger partial charge in [-0.15, -0.1) is 0 Å². The summed E-state index contributed by atoms with van der Waals surface area (Å²) < 4.78 is 18.9. The molecule has 0 bridgehead atoms. The topological polar surface area (TPSA) is 29.5 Å². The lowest BCUT2D eigenvalue weighted by Gasteiger charge is -2.12. The minimum absolute atomic E-state index is 0.195. The Hall–Kier alpha value is -0.610. The van der Waals surface area contributed by atoms with Gasteiger partial charge in [-0.2, -0.15) is 0 Å². The number of benzene rings is 1. The number of rotatable bonds is 3. The van der Waals surface area contributed by atoms with E-state index in [-0.39, 0.29) is 5.75 Å². The first-order valence-corrected chi connectivity index (χ1v) is 5.04. The molecule has 0 fully saturated rings. The van der Waals surface area contributed by atoms with Crippen LogP contribution in [0.15, 0.2) is 16.6 Å². The summed E-state index contributed by atoms with van der Waals surface area (Å²) in [6.45, 7) is 1.65. The van der Waals surface area contributed by atoms with Gasteiger partial charge in [-0.05, 0) is 19.1 Å². The van der Waals surface area contributed by atoms with Gasteiger partial charge in [-0.1, -0.05) is 15.9 Å². The first-order valence-electron chi connectivity index (χ1n) is 4.25. The maximum absolute atomic E-state index is 13.3. The smallest absolute Gasteiger partial charge is 0.165 e. The van der Waals surface area contributed by atoms with Crippen LogP contribution >= 0.6 is 15.9 Å². The van der Waals surface area contributed by atoms with Crippen LogP contribution in [0.4, 0.5) is 4.39 Å². The van der Waals surface area contributed by atoms with E-state index in [0.717, 1.165) is 4.47 Å². The van der Waals surface area contributed by atoms with Crippen LogP contribution in [0.25, 0.3) is 0 Å². The largest absolute Gasteiger partial charge is 0.493 e. The molecule has 1 rings (SSSR count). The van der Waals surface area contributed by atoms with Gasteiger partial charge in [0.25, 0.3) is 0 Å². The second-order valence-corrected chi connectivity index (χ2v) is 3.95. The average molecular weight is 263 g/mol. The van der Waals surface area contributed by atoms with Gasteiger partial charge in [0.1, 0.15) is 0 Å². The minimum Gasteiger partial charge on any atom is -0.493 e. The second-order valence-electron chi connectivity index (χ2n) is 3.09. The Morgan fingerprint density at radius 3 is 2.71 bits per heavy atom. The van der Waals surface area contributed by atoms with Gasteiger partial charge in [0.05, 0.1) is 13.2 Å². The van der Waals surface area contributed by atoms with Crippen molar-refractivity contribution in [3.8, 4) is 5.75 Å². The summed E-state index contributed by atoms with van der Waals surface area (Å²) in [5.41, 5.74) is 0.655. The molecule has 1 aromatic carbocycles. The highest BCUT2D eigenvalue weighted by Gasteiger charge is 2.14. The van der Waals surface area contributed by atoms with Gasteiger partial charge in [0.2, 0.25) is 0 Å². The summed E-state index contributed by atoms with van der Waals surface area (Å²) in [6.07, 6.45) is -0.163. The Bertz CT molecular complexity index is 326. The van der Waals surface area contributed by atoms with E-state index in [1.807, 2.05) is 0 Å². The van der Waals surface area contributed by atoms with E-state index < -0.39 is 11.9 Å². The molecule has 1 aromatic rings. The molecule has 0 saturated heterocycles. The highest BCUT2D eigenvalue weighted by molar-refractivity contribution is 9.10. The highest BCUT2D eigenvalue weighted by Crippen LogP contribution is 2.30. The van der Waals surface area contributed by atoms with Gasteiger partial charge in [0, 0.05) is 16.5 Å². The van der Waals surface area contributed by atoms with Crippen LogP contribution in [0.3, 0.4) is 0 Å². The van der Waals surface area contributed by atoms with Crippen molar-refractivity contribution >= 4 is 15.9 Å². The van der Waals surface area contributed by atoms with E-state index in [4.69, 9.17) is 4.74 Å². The van der Waals surface area contributed by atoms with E-state index in [1.54, 1.807) is 13.0 Å². The van der Waals surface area contributed by atoms with Crippen molar-refractivity contribution in [2.75, 3.05) is 7.11 Å². The Labute approximate surface area is 90.8 Å². The molecule has 1 N–H and O–H groups in total. The minimum atomic E-state index is -0.526. The molecule has 0 aliphatic rings. The van der Waals surface area contributed by atoms with Crippen LogP contribution in [0.2, 0.25) is 0 Å². The number of hydrogen-bond donors (Lipinski definition) is 1. The third-order valence-electron chi connectivity index (χ3n) is 1.86. The molecule has 78 valence electrons. The molecule has 4 heteroatoms. The van der Waals surface area contributed by atoms with Crippen molar-refractivity contribution in [2.45, 2.75) is 19.4 Å².